The summed E-state index contributed by atoms with van der Waals surface area (Å²) in [5.74, 6) is 9.42. The number of halogens is 1. The van der Waals surface area contributed by atoms with Gasteiger partial charge in [-0.25, -0.2) is 0 Å². The van der Waals surface area contributed by atoms with Gasteiger partial charge in [-0.1, -0.05) is 0 Å². The second kappa shape index (κ2) is 5.25. The summed E-state index contributed by atoms with van der Waals surface area (Å²) in [7, 11) is 0. The zero-order valence-electron chi connectivity index (χ0n) is 4.58. The second-order valence-electron chi connectivity index (χ2n) is 0.977. The van der Waals surface area contributed by atoms with Gasteiger partial charge in [0.2, 0.25) is 0 Å². The van der Waals surface area contributed by atoms with Crippen LogP contribution in [-0.4, -0.2) is 4.70 Å². The lowest BCUT2D eigenvalue weighted by atomic mass is 11.0. The average molecular weight is 151 g/mol. The van der Waals surface area contributed by atoms with E-state index in [9.17, 15) is 0 Å². The molecule has 0 aromatic heterocycles. The number of nitrogens with zero attached hydrogens (tertiary/aromatic N) is 3. The van der Waals surface area contributed by atoms with Crippen molar-refractivity contribution in [3.05, 3.63) is 0 Å². The summed E-state index contributed by atoms with van der Waals surface area (Å²) in [4.78, 5) is 0. The molecule has 9 heavy (non-hydrogen) atoms. The molecule has 0 saturated carbocycles. The van der Waals surface area contributed by atoms with E-state index < -0.39 is 4.70 Å². The predicted molar refractivity (Wildman–Crippen MR) is 24.9 cm³/mol. The van der Waals surface area contributed by atoms with Crippen LogP contribution in [0.15, 0.2) is 0 Å². The van der Waals surface area contributed by atoms with Crippen LogP contribution in [0.4, 0.5) is 0 Å². The Morgan fingerprint density at radius 2 is 1.33 bits per heavy atom. The monoisotopic (exact) mass is 150 g/mol. The maximum Gasteiger partial charge on any atom is 0.368 e. The Hall–Kier alpha value is -0.890. The number of hydrogen-bond acceptors (Lipinski definition) is 5. The molecule has 0 unspecified atom stereocenters. The Kier molecular flexibility index (Phi) is 9.16. The standard InChI is InChI=1S/C2H4N5.ClH.H3N/c3-1-7(5,6)2-4;;/h5-6H2;1H;1H3/q+1;;/p-1. The van der Waals surface area contributed by atoms with E-state index in [-0.39, 0.29) is 18.6 Å². The minimum atomic E-state index is -1.25. The molecule has 0 atom stereocenters. The van der Waals surface area contributed by atoms with Crippen LogP contribution in [-0.2, 0) is 0 Å². The van der Waals surface area contributed by atoms with Crippen molar-refractivity contribution in [1.29, 1.82) is 10.5 Å². The summed E-state index contributed by atoms with van der Waals surface area (Å²) < 4.78 is -1.25. The lowest BCUT2D eigenvalue weighted by Crippen LogP contribution is -3.00. The number of rotatable bonds is 0. The highest BCUT2D eigenvalue weighted by Crippen LogP contribution is 1.72. The first-order valence-electron chi connectivity index (χ1n) is 1.41. The Morgan fingerprint density at radius 3 is 1.33 bits per heavy atom. The number of hydrogen-bond donors (Lipinski definition) is 3. The van der Waals surface area contributed by atoms with Crippen LogP contribution in [0.1, 0.15) is 0 Å². The Morgan fingerprint density at radius 1 is 1.11 bits per heavy atom. The van der Waals surface area contributed by atoms with Gasteiger partial charge in [-0.2, -0.15) is 0 Å². The smallest absolute Gasteiger partial charge is 0.368 e. The summed E-state index contributed by atoms with van der Waals surface area (Å²) in [5.41, 5.74) is 0. The van der Waals surface area contributed by atoms with Gasteiger partial charge in [0.05, 0.1) is 0 Å². The van der Waals surface area contributed by atoms with Gasteiger partial charge < -0.3 is 18.6 Å². The predicted octanol–water partition coefficient (Wildman–Crippen LogP) is -4.32. The molecule has 0 fully saturated rings. The first-order chi connectivity index (χ1) is 3.12. The average Bonchev–Trinajstić information content (AvgIpc) is 1.68. The highest BCUT2D eigenvalue weighted by Gasteiger charge is 2.14. The third-order valence-electron chi connectivity index (χ3n) is 0.331. The summed E-state index contributed by atoms with van der Waals surface area (Å²) in [5, 5.41) is 15.7. The lowest BCUT2D eigenvalue weighted by Gasteiger charge is -1.98. The van der Waals surface area contributed by atoms with E-state index in [4.69, 9.17) is 22.2 Å². The second-order valence-corrected chi connectivity index (χ2v) is 0.977. The summed E-state index contributed by atoms with van der Waals surface area (Å²) in [6.07, 6.45) is 2.65. The fourth-order valence-electron chi connectivity index (χ4n) is 0.0224. The maximum absolute atomic E-state index is 7.84. The molecule has 7 heteroatoms. The fraction of sp³-hybridized carbons (Fsp3) is 0. The molecule has 6 nitrogen and oxygen atoms in total. The van der Waals surface area contributed by atoms with Crippen molar-refractivity contribution in [2.24, 2.45) is 11.7 Å². The van der Waals surface area contributed by atoms with Gasteiger partial charge in [0, 0.05) is 4.70 Å². The van der Waals surface area contributed by atoms with Crippen molar-refractivity contribution in [3.8, 4) is 12.4 Å². The van der Waals surface area contributed by atoms with Crippen LogP contribution in [0.3, 0.4) is 0 Å². The van der Waals surface area contributed by atoms with E-state index in [0.717, 1.165) is 0 Å². The van der Waals surface area contributed by atoms with Crippen LogP contribution >= 0.6 is 0 Å². The molecule has 0 aliphatic heterocycles. The molecule has 0 heterocycles. The highest BCUT2D eigenvalue weighted by atomic mass is 35.5. The van der Waals surface area contributed by atoms with Crippen molar-refractivity contribution in [2.45, 2.75) is 0 Å². The van der Waals surface area contributed by atoms with Crippen LogP contribution in [0.2, 0.25) is 0 Å². The van der Waals surface area contributed by atoms with Crippen LogP contribution in [0.5, 0.6) is 0 Å². The summed E-state index contributed by atoms with van der Waals surface area (Å²) in [6.45, 7) is 0. The normalized spacial score (nSPS) is 7.11. The SMILES string of the molecule is N.N#C[N+](N)(N)C#N.[Cl-]. The van der Waals surface area contributed by atoms with Crippen LogP contribution in [0, 0.1) is 22.9 Å². The van der Waals surface area contributed by atoms with Crippen molar-refractivity contribution < 1.29 is 17.1 Å². The molecule has 0 saturated heterocycles. The van der Waals surface area contributed by atoms with E-state index in [0.29, 0.717) is 0 Å². The van der Waals surface area contributed by atoms with Gasteiger partial charge in [0.1, 0.15) is 0 Å². The van der Waals surface area contributed by atoms with Crippen molar-refractivity contribution in [1.82, 2.24) is 6.15 Å². The molecule has 0 aromatic carbocycles. The van der Waals surface area contributed by atoms with Crippen molar-refractivity contribution >= 4 is 0 Å². The van der Waals surface area contributed by atoms with Crippen LogP contribution in [0.25, 0.3) is 0 Å². The number of quaternary nitrogens is 1. The van der Waals surface area contributed by atoms with E-state index in [1.54, 1.807) is 0 Å². The molecule has 0 aliphatic rings. The molecular weight excluding hydrogens is 144 g/mol. The van der Waals surface area contributed by atoms with Crippen molar-refractivity contribution in [3.63, 3.8) is 0 Å². The largest absolute Gasteiger partial charge is 1.00 e. The third-order valence-corrected chi connectivity index (χ3v) is 0.331. The number of nitrogens with two attached hydrogens (primary N) is 2. The van der Waals surface area contributed by atoms with Crippen LogP contribution < -0.4 is 30.2 Å². The van der Waals surface area contributed by atoms with Gasteiger partial charge >= 0.3 is 12.4 Å². The lowest BCUT2D eigenvalue weighted by molar-refractivity contribution is -0.824. The molecule has 0 aromatic rings. The number of nitriles is 2. The zero-order valence-corrected chi connectivity index (χ0v) is 5.34. The van der Waals surface area contributed by atoms with Gasteiger partial charge in [-0.05, 0) is 0 Å². The molecule has 0 spiro atoms. The van der Waals surface area contributed by atoms with Gasteiger partial charge in [0.25, 0.3) is 0 Å². The van der Waals surface area contributed by atoms with E-state index in [2.05, 4.69) is 0 Å². The first-order valence-corrected chi connectivity index (χ1v) is 1.41. The molecular formula is C2H7ClN6. The molecule has 0 bridgehead atoms. The maximum atomic E-state index is 7.84. The molecule has 7 N–H and O–H groups in total. The van der Waals surface area contributed by atoms with Crippen molar-refractivity contribution in [2.75, 3.05) is 0 Å². The van der Waals surface area contributed by atoms with E-state index in [1.165, 1.54) is 12.4 Å². The minimum Gasteiger partial charge on any atom is -1.00 e. The molecule has 0 rings (SSSR count). The molecule has 52 valence electrons. The van der Waals surface area contributed by atoms with E-state index in [1.807, 2.05) is 0 Å². The summed E-state index contributed by atoms with van der Waals surface area (Å²) >= 11 is 0. The highest BCUT2D eigenvalue weighted by molar-refractivity contribution is 4.58. The minimum absolute atomic E-state index is 0. The Balaban J connectivity index is -0.000000180. The third kappa shape index (κ3) is 7.11. The Bertz CT molecular complexity index is 122. The first kappa shape index (κ1) is 15.7. The fourth-order valence-corrected chi connectivity index (χ4v) is 0.0224. The van der Waals surface area contributed by atoms with Gasteiger partial charge in [0.15, 0.2) is 0 Å². The molecule has 0 aliphatic carbocycles. The van der Waals surface area contributed by atoms with Gasteiger partial charge in [-0.15, -0.1) is 22.2 Å². The topological polar surface area (TPSA) is 135 Å². The molecule has 0 radical (unpaired) electrons. The summed E-state index contributed by atoms with van der Waals surface area (Å²) in [6, 6.07) is 0. The molecule has 0 amide bonds. The van der Waals surface area contributed by atoms with E-state index >= 15 is 0 Å². The van der Waals surface area contributed by atoms with Gasteiger partial charge in [-0.3, -0.25) is 0 Å². The Labute approximate surface area is 58.8 Å². The zero-order chi connectivity index (χ0) is 5.91. The quantitative estimate of drug-likeness (QED) is 0.139.